The Labute approximate surface area is 254 Å². The minimum absolute atomic E-state index is 0.0395. The van der Waals surface area contributed by atoms with Gasteiger partial charge in [-0.15, -0.1) is 0 Å². The second-order valence-electron chi connectivity index (χ2n) is 10.2. The first-order chi connectivity index (χ1) is 21.4. The highest BCUT2D eigenvalue weighted by atomic mass is 16.4. The van der Waals surface area contributed by atoms with E-state index in [-0.39, 0.29) is 17.9 Å². The molecule has 3 aromatic carbocycles. The number of benzene rings is 3. The highest BCUT2D eigenvalue weighted by molar-refractivity contribution is 6.04. The molecule has 11 nitrogen and oxygen atoms in total. The van der Waals surface area contributed by atoms with Crippen LogP contribution in [0.2, 0.25) is 0 Å². The van der Waals surface area contributed by atoms with E-state index in [1.54, 1.807) is 77.8 Å². The highest BCUT2D eigenvalue weighted by Crippen LogP contribution is 2.29. The number of rotatable bonds is 9. The van der Waals surface area contributed by atoms with Crippen LogP contribution in [0.5, 0.6) is 0 Å². The number of aliphatic carboxylic acids is 1. The highest BCUT2D eigenvalue weighted by Gasteiger charge is 2.25. The summed E-state index contributed by atoms with van der Waals surface area (Å²) in [7, 11) is 0. The van der Waals surface area contributed by atoms with Crippen LogP contribution in [0.25, 0.3) is 0 Å². The average molecular weight is 593 g/mol. The molecule has 1 saturated heterocycles. The Morgan fingerprint density at radius 2 is 1.50 bits per heavy atom. The molecule has 1 aromatic heterocycles. The Morgan fingerprint density at radius 3 is 2.16 bits per heavy atom. The maximum Gasteiger partial charge on any atom is 0.323 e. The number of para-hydroxylation sites is 1. The number of urea groups is 1. The van der Waals surface area contributed by atoms with Gasteiger partial charge in [0, 0.05) is 55.4 Å². The van der Waals surface area contributed by atoms with Gasteiger partial charge < -0.3 is 30.9 Å². The fraction of sp³-hybridized carbons (Fsp3) is 0.182. The zero-order chi connectivity index (χ0) is 30.9. The molecule has 44 heavy (non-hydrogen) atoms. The van der Waals surface area contributed by atoms with Crippen LogP contribution in [0.15, 0.2) is 103 Å². The van der Waals surface area contributed by atoms with Gasteiger partial charge in [-0.05, 0) is 54.1 Å². The van der Waals surface area contributed by atoms with Crippen molar-refractivity contribution in [1.82, 2.24) is 15.2 Å². The number of hydrogen-bond donors (Lipinski definition) is 4. The predicted molar refractivity (Wildman–Crippen MR) is 167 cm³/mol. The van der Waals surface area contributed by atoms with Crippen LogP contribution in [0.4, 0.5) is 21.9 Å². The van der Waals surface area contributed by atoms with Crippen molar-refractivity contribution < 1.29 is 24.3 Å². The van der Waals surface area contributed by atoms with Crippen molar-refractivity contribution >= 4 is 40.9 Å². The minimum atomic E-state index is -1.07. The van der Waals surface area contributed by atoms with Crippen molar-refractivity contribution in [3.05, 3.63) is 120 Å². The van der Waals surface area contributed by atoms with Crippen LogP contribution in [0, 0.1) is 0 Å². The molecule has 1 aliphatic heterocycles. The third-order valence-electron chi connectivity index (χ3n) is 7.24. The molecule has 0 spiro atoms. The molecular formula is C33H32N6O5. The number of nitrogens with zero attached hydrogens (tertiary/aromatic N) is 3. The number of carbonyl (C=O) groups is 4. The van der Waals surface area contributed by atoms with E-state index in [0.717, 1.165) is 0 Å². The first kappa shape index (κ1) is 29.8. The third-order valence-corrected chi connectivity index (χ3v) is 7.24. The molecule has 0 bridgehead atoms. The second kappa shape index (κ2) is 14.0. The Balaban J connectivity index is 1.36. The van der Waals surface area contributed by atoms with Crippen LogP contribution in [-0.2, 0) is 4.79 Å². The molecule has 2 heterocycles. The van der Waals surface area contributed by atoms with Gasteiger partial charge >= 0.3 is 12.0 Å². The molecule has 1 aliphatic rings. The van der Waals surface area contributed by atoms with E-state index >= 15 is 0 Å². The summed E-state index contributed by atoms with van der Waals surface area (Å²) in [6.07, 6.45) is 2.75. The topological polar surface area (TPSA) is 144 Å². The number of pyridine rings is 1. The first-order valence-electron chi connectivity index (χ1n) is 14.2. The average Bonchev–Trinajstić information content (AvgIpc) is 3.05. The lowest BCUT2D eigenvalue weighted by atomic mass is 10.0. The van der Waals surface area contributed by atoms with Crippen molar-refractivity contribution in [2.75, 3.05) is 41.7 Å². The molecule has 0 aliphatic carbocycles. The number of anilines is 3. The van der Waals surface area contributed by atoms with Gasteiger partial charge in [0.15, 0.2) is 0 Å². The van der Waals surface area contributed by atoms with Crippen LogP contribution < -0.4 is 20.9 Å². The van der Waals surface area contributed by atoms with Gasteiger partial charge in [0.25, 0.3) is 11.8 Å². The van der Waals surface area contributed by atoms with Gasteiger partial charge in [-0.25, -0.2) is 4.79 Å². The summed E-state index contributed by atoms with van der Waals surface area (Å²) in [5, 5.41) is 17.9. The summed E-state index contributed by atoms with van der Waals surface area (Å²) in [5.74, 6) is -1.61. The Bertz CT molecular complexity index is 1610. The molecule has 0 saturated carbocycles. The van der Waals surface area contributed by atoms with Gasteiger partial charge in [-0.1, -0.05) is 42.5 Å². The molecule has 4 amide bonds. The van der Waals surface area contributed by atoms with Crippen LogP contribution >= 0.6 is 0 Å². The maximum atomic E-state index is 13.4. The molecule has 1 unspecified atom stereocenters. The quantitative estimate of drug-likeness (QED) is 0.222. The number of piperazine rings is 1. The lowest BCUT2D eigenvalue weighted by Gasteiger charge is -2.37. The summed E-state index contributed by atoms with van der Waals surface area (Å²) < 4.78 is 0. The molecule has 1 fully saturated rings. The van der Waals surface area contributed by atoms with E-state index in [2.05, 4.69) is 25.8 Å². The molecule has 1 atom stereocenters. The SMILES string of the molecule is O=C(O)CC(NC(=O)c1ccc(N2CCN(C(=O)c3ccccc3)CC2)c(NC(=O)Nc2ccccc2)c1)c1cccnc1. The van der Waals surface area contributed by atoms with Gasteiger partial charge in [-0.3, -0.25) is 19.4 Å². The van der Waals surface area contributed by atoms with Gasteiger partial charge in [0.1, 0.15) is 0 Å². The van der Waals surface area contributed by atoms with E-state index in [0.29, 0.717) is 54.4 Å². The lowest BCUT2D eigenvalue weighted by molar-refractivity contribution is -0.137. The van der Waals surface area contributed by atoms with E-state index in [9.17, 15) is 24.3 Å². The van der Waals surface area contributed by atoms with Gasteiger partial charge in [0.05, 0.1) is 23.8 Å². The van der Waals surface area contributed by atoms with Crippen molar-refractivity contribution in [2.45, 2.75) is 12.5 Å². The molecule has 0 radical (unpaired) electrons. The summed E-state index contributed by atoms with van der Waals surface area (Å²) in [6, 6.07) is 25.1. The van der Waals surface area contributed by atoms with Crippen molar-refractivity contribution in [2.24, 2.45) is 0 Å². The maximum absolute atomic E-state index is 13.4. The molecule has 224 valence electrons. The standard InChI is InChI=1S/C33H32N6O5/c40-30(41)21-27(25-10-7-15-34-22-25)36-31(42)24-13-14-29(28(20-24)37-33(44)35-26-11-5-2-6-12-26)38-16-18-39(19-17-38)32(43)23-8-3-1-4-9-23/h1-15,20,22,27H,16-19,21H2,(H,36,42)(H,40,41)(H2,35,37,44). The number of carboxylic acids is 1. The van der Waals surface area contributed by atoms with Crippen LogP contribution in [0.1, 0.15) is 38.7 Å². The van der Waals surface area contributed by atoms with Gasteiger partial charge in [0.2, 0.25) is 0 Å². The second-order valence-corrected chi connectivity index (χ2v) is 10.2. The van der Waals surface area contributed by atoms with Crippen molar-refractivity contribution in [3.8, 4) is 0 Å². The molecule has 4 aromatic rings. The van der Waals surface area contributed by atoms with Gasteiger partial charge in [-0.2, -0.15) is 0 Å². The number of amides is 4. The van der Waals surface area contributed by atoms with Crippen LogP contribution in [0.3, 0.4) is 0 Å². The fourth-order valence-electron chi connectivity index (χ4n) is 5.02. The lowest BCUT2D eigenvalue weighted by Crippen LogP contribution is -2.49. The Kier molecular flexibility index (Phi) is 9.45. The predicted octanol–water partition coefficient (Wildman–Crippen LogP) is 4.63. The summed E-state index contributed by atoms with van der Waals surface area (Å²) >= 11 is 0. The fourth-order valence-corrected chi connectivity index (χ4v) is 5.02. The smallest absolute Gasteiger partial charge is 0.323 e. The largest absolute Gasteiger partial charge is 0.481 e. The Hall–Kier alpha value is -5.71. The number of aromatic nitrogens is 1. The molecule has 11 heteroatoms. The van der Waals surface area contributed by atoms with Crippen LogP contribution in [-0.4, -0.2) is 65.0 Å². The minimum Gasteiger partial charge on any atom is -0.481 e. The summed E-state index contributed by atoms with van der Waals surface area (Å²) in [6.45, 7) is 1.99. The zero-order valence-corrected chi connectivity index (χ0v) is 23.8. The zero-order valence-electron chi connectivity index (χ0n) is 23.8. The van der Waals surface area contributed by atoms with E-state index < -0.39 is 23.9 Å². The third kappa shape index (κ3) is 7.57. The normalized spacial score (nSPS) is 13.5. The molecule has 4 N–H and O–H groups in total. The van der Waals surface area contributed by atoms with E-state index in [4.69, 9.17) is 0 Å². The van der Waals surface area contributed by atoms with Crippen molar-refractivity contribution in [3.63, 3.8) is 0 Å². The summed E-state index contributed by atoms with van der Waals surface area (Å²) in [5.41, 5.74) is 3.10. The van der Waals surface area contributed by atoms with Crippen molar-refractivity contribution in [1.29, 1.82) is 0 Å². The van der Waals surface area contributed by atoms with E-state index in [1.165, 1.54) is 6.20 Å². The molecule has 5 rings (SSSR count). The van der Waals surface area contributed by atoms with E-state index in [1.807, 2.05) is 24.3 Å². The molecular weight excluding hydrogens is 560 g/mol. The number of nitrogens with one attached hydrogen (secondary N) is 3. The number of hydrogen-bond acceptors (Lipinski definition) is 6. The summed E-state index contributed by atoms with van der Waals surface area (Å²) in [4.78, 5) is 58.8. The Morgan fingerprint density at radius 1 is 0.795 bits per heavy atom. The first-order valence-corrected chi connectivity index (χ1v) is 14.2. The monoisotopic (exact) mass is 592 g/mol. The number of carbonyl (C=O) groups excluding carboxylic acids is 3. The number of carboxylic acid groups (broad SMARTS) is 1.